The van der Waals surface area contributed by atoms with Crippen LogP contribution >= 0.6 is 0 Å². The Hall–Kier alpha value is -6.64. The smallest absolute Gasteiger partial charge is 0.0541 e. The van der Waals surface area contributed by atoms with Crippen molar-refractivity contribution in [2.24, 2.45) is 0 Å². The maximum atomic E-state index is 4.55. The molecule has 0 radical (unpaired) electrons. The summed E-state index contributed by atoms with van der Waals surface area (Å²) in [5, 5.41) is 2.42. The average molecular weight is 685 g/mol. The first-order valence-electron chi connectivity index (χ1n) is 18.1. The highest BCUT2D eigenvalue weighted by Crippen LogP contribution is 2.36. The molecule has 0 spiro atoms. The molecule has 258 valence electrons. The Morgan fingerprint density at radius 1 is 0.528 bits per heavy atom. The van der Waals surface area contributed by atoms with Crippen LogP contribution in [0.4, 0.5) is 0 Å². The van der Waals surface area contributed by atoms with E-state index in [1.165, 1.54) is 32.9 Å². The summed E-state index contributed by atoms with van der Waals surface area (Å²) < 4.78 is 4.70. The first kappa shape index (κ1) is 34.8. The van der Waals surface area contributed by atoms with Crippen molar-refractivity contribution in [3.8, 4) is 22.5 Å². The van der Waals surface area contributed by atoms with Crippen molar-refractivity contribution in [2.45, 2.75) is 20.8 Å². The van der Waals surface area contributed by atoms with Crippen molar-refractivity contribution in [3.63, 3.8) is 0 Å². The second kappa shape index (κ2) is 15.3. The van der Waals surface area contributed by atoms with Crippen LogP contribution in [0.5, 0.6) is 0 Å². The molecule has 0 aliphatic heterocycles. The lowest BCUT2D eigenvalue weighted by Gasteiger charge is -2.12. The Labute approximate surface area is 313 Å². The fourth-order valence-corrected chi connectivity index (χ4v) is 7.26. The van der Waals surface area contributed by atoms with E-state index in [4.69, 9.17) is 0 Å². The fraction of sp³-hybridized carbons (Fsp3) is 0.0588. The molecule has 2 heterocycles. The van der Waals surface area contributed by atoms with E-state index in [2.05, 4.69) is 182 Å². The number of hydrogen-bond donors (Lipinski definition) is 0. The molecule has 53 heavy (non-hydrogen) atoms. The van der Waals surface area contributed by atoms with Gasteiger partial charge in [0.2, 0.25) is 0 Å². The zero-order valence-electron chi connectivity index (χ0n) is 30.8. The molecular weight excluding hydrogens is 641 g/mol. The van der Waals surface area contributed by atoms with Gasteiger partial charge in [-0.3, -0.25) is 0 Å². The van der Waals surface area contributed by atoms with Gasteiger partial charge in [0.15, 0.2) is 0 Å². The molecule has 7 aromatic rings. The predicted octanol–water partition coefficient (Wildman–Crippen LogP) is 13.9. The van der Waals surface area contributed by atoms with E-state index >= 15 is 0 Å². The molecular formula is C51H44N2. The van der Waals surface area contributed by atoms with E-state index in [-0.39, 0.29) is 0 Å². The lowest BCUT2D eigenvalue weighted by Crippen LogP contribution is -2.00. The van der Waals surface area contributed by atoms with E-state index in [0.29, 0.717) is 0 Å². The van der Waals surface area contributed by atoms with E-state index < -0.39 is 0 Å². The Kier molecular flexibility index (Phi) is 10.0. The number of benzene rings is 5. The van der Waals surface area contributed by atoms with E-state index in [1.807, 2.05) is 43.4 Å². The lowest BCUT2D eigenvalue weighted by atomic mass is 10.0. The molecule has 5 aromatic carbocycles. The third-order valence-corrected chi connectivity index (χ3v) is 9.92. The van der Waals surface area contributed by atoms with Crippen LogP contribution in [0.1, 0.15) is 40.6 Å². The van der Waals surface area contributed by atoms with Crippen molar-refractivity contribution in [2.75, 3.05) is 0 Å². The van der Waals surface area contributed by atoms with Gasteiger partial charge in [0.05, 0.1) is 11.0 Å². The molecule has 0 saturated carbocycles. The van der Waals surface area contributed by atoms with Gasteiger partial charge in [-0.2, -0.15) is 0 Å². The van der Waals surface area contributed by atoms with Crippen LogP contribution in [-0.4, -0.2) is 9.13 Å². The quantitative estimate of drug-likeness (QED) is 0.120. The second-order valence-electron chi connectivity index (χ2n) is 13.2. The molecule has 0 aliphatic rings. The van der Waals surface area contributed by atoms with Gasteiger partial charge in [0.1, 0.15) is 0 Å². The summed E-state index contributed by atoms with van der Waals surface area (Å²) >= 11 is 0. The average Bonchev–Trinajstić information content (AvgIpc) is 3.65. The minimum Gasteiger partial charge on any atom is -0.317 e. The van der Waals surface area contributed by atoms with E-state index in [9.17, 15) is 0 Å². The molecule has 0 amide bonds. The summed E-state index contributed by atoms with van der Waals surface area (Å²) in [7, 11) is 0. The molecule has 2 aromatic heterocycles. The summed E-state index contributed by atoms with van der Waals surface area (Å²) in [5.74, 6) is 0. The van der Waals surface area contributed by atoms with Crippen molar-refractivity contribution in [1.29, 1.82) is 0 Å². The maximum absolute atomic E-state index is 4.55. The van der Waals surface area contributed by atoms with Crippen LogP contribution in [0.3, 0.4) is 0 Å². The third-order valence-electron chi connectivity index (χ3n) is 9.92. The Morgan fingerprint density at radius 3 is 1.94 bits per heavy atom. The highest BCUT2D eigenvalue weighted by atomic mass is 15.0. The van der Waals surface area contributed by atoms with Crippen LogP contribution in [0, 0.1) is 13.8 Å². The Morgan fingerprint density at radius 2 is 1.17 bits per heavy atom. The van der Waals surface area contributed by atoms with Crippen molar-refractivity contribution in [1.82, 2.24) is 9.13 Å². The maximum Gasteiger partial charge on any atom is 0.0541 e. The first-order valence-corrected chi connectivity index (χ1v) is 18.1. The summed E-state index contributed by atoms with van der Waals surface area (Å²) in [5.41, 5.74) is 15.7. The molecule has 0 bridgehead atoms. The molecule has 0 saturated heterocycles. The number of hydrogen-bond acceptors (Lipinski definition) is 0. The van der Waals surface area contributed by atoms with Gasteiger partial charge in [-0.1, -0.05) is 153 Å². The number of nitrogens with zero attached hydrogens (tertiary/aromatic N) is 2. The van der Waals surface area contributed by atoms with Gasteiger partial charge in [0.25, 0.3) is 0 Å². The van der Waals surface area contributed by atoms with Crippen molar-refractivity contribution < 1.29 is 0 Å². The fourth-order valence-electron chi connectivity index (χ4n) is 7.26. The minimum atomic E-state index is 0.949. The van der Waals surface area contributed by atoms with Crippen LogP contribution in [-0.2, 0) is 0 Å². The van der Waals surface area contributed by atoms with Crippen molar-refractivity contribution >= 4 is 45.1 Å². The minimum absolute atomic E-state index is 0.949. The normalized spacial score (nSPS) is 12.0. The van der Waals surface area contributed by atoms with Gasteiger partial charge >= 0.3 is 0 Å². The van der Waals surface area contributed by atoms with Crippen LogP contribution in [0.15, 0.2) is 184 Å². The van der Waals surface area contributed by atoms with Crippen LogP contribution < -0.4 is 0 Å². The molecule has 0 aliphatic carbocycles. The SMILES string of the molecule is C=C/C=C\c1c(/C=C\C(=C)c2ccc3c(c2)c2ccccc2n3-c2cccc(-c3ccccc3)c2)c(C)n(-c2cccc(C(=C)/C=C\C=C/C)c2)c1C. The van der Waals surface area contributed by atoms with Gasteiger partial charge in [-0.15, -0.1) is 0 Å². The van der Waals surface area contributed by atoms with Crippen LogP contribution in [0.2, 0.25) is 0 Å². The highest BCUT2D eigenvalue weighted by molar-refractivity contribution is 6.10. The molecule has 7 rings (SSSR count). The van der Waals surface area contributed by atoms with Crippen molar-refractivity contribution in [3.05, 3.63) is 217 Å². The van der Waals surface area contributed by atoms with Gasteiger partial charge in [-0.05, 0) is 96.6 Å². The standard InChI is InChI=1S/C51H44N2/c1-7-9-12-19-36(3)41-22-17-24-44(33-41)52-38(5)46(26-10-8-2)47(39(52)6)31-29-37(4)42-30-32-51-49(35-42)48-27-15-16-28-50(48)53(51)45-25-18-23-43(34-45)40-20-13-11-14-21-40/h7-35H,2-4H2,1,5-6H3/b9-7-,19-12-,26-10-,31-29-. The molecule has 0 atom stereocenters. The van der Waals surface area contributed by atoms with Crippen LogP contribution in [0.25, 0.3) is 67.6 Å². The van der Waals surface area contributed by atoms with E-state index in [0.717, 1.165) is 56.2 Å². The largest absolute Gasteiger partial charge is 0.317 e. The zero-order chi connectivity index (χ0) is 36.9. The second-order valence-corrected chi connectivity index (χ2v) is 13.2. The molecule has 2 heteroatoms. The highest BCUT2D eigenvalue weighted by Gasteiger charge is 2.17. The first-order chi connectivity index (χ1) is 25.9. The Bertz CT molecular complexity index is 2630. The Balaban J connectivity index is 1.26. The summed E-state index contributed by atoms with van der Waals surface area (Å²) in [4.78, 5) is 0. The van der Waals surface area contributed by atoms with Gasteiger partial charge in [-0.25, -0.2) is 0 Å². The summed E-state index contributed by atoms with van der Waals surface area (Å²) in [6.45, 7) is 19.2. The van der Waals surface area contributed by atoms with Gasteiger partial charge in [0, 0.05) is 44.7 Å². The summed E-state index contributed by atoms with van der Waals surface area (Å²) in [6, 6.07) is 43.3. The molecule has 0 fully saturated rings. The van der Waals surface area contributed by atoms with E-state index in [1.54, 1.807) is 0 Å². The number of para-hydroxylation sites is 1. The number of allylic oxidation sites excluding steroid dienone is 9. The van der Waals surface area contributed by atoms with Gasteiger partial charge < -0.3 is 9.13 Å². The predicted molar refractivity (Wildman–Crippen MR) is 232 cm³/mol. The number of aromatic nitrogens is 2. The third kappa shape index (κ3) is 6.88. The molecule has 2 nitrogen and oxygen atoms in total. The lowest BCUT2D eigenvalue weighted by molar-refractivity contribution is 0.962. The number of fused-ring (bicyclic) bond motifs is 3. The number of rotatable bonds is 11. The molecule has 0 unspecified atom stereocenters. The monoisotopic (exact) mass is 684 g/mol. The zero-order valence-corrected chi connectivity index (χ0v) is 30.8. The molecule has 0 N–H and O–H groups in total. The summed E-state index contributed by atoms with van der Waals surface area (Å²) in [6.07, 6.45) is 18.4. The topological polar surface area (TPSA) is 9.86 Å².